The van der Waals surface area contributed by atoms with E-state index in [1.165, 1.54) is 0 Å². The van der Waals surface area contributed by atoms with Gasteiger partial charge in [-0.05, 0) is 12.1 Å². The molecule has 3 rings (SSSR count). The lowest BCUT2D eigenvalue weighted by Crippen LogP contribution is -2.13. The fraction of sp³-hybridized carbons (Fsp3) is 0.154. The zero-order chi connectivity index (χ0) is 12.9. The van der Waals surface area contributed by atoms with E-state index in [1.807, 2.05) is 36.4 Å². The molecule has 0 aliphatic rings. The number of nitrogens with one attached hydrogen (secondary N) is 1. The van der Waals surface area contributed by atoms with Gasteiger partial charge in [0.05, 0.1) is 23.3 Å². The highest BCUT2D eigenvalue weighted by Crippen LogP contribution is 2.04. The molecule has 0 unspecified atom stereocenters. The molecule has 0 aliphatic heterocycles. The van der Waals surface area contributed by atoms with Gasteiger partial charge in [0, 0.05) is 19.2 Å². The van der Waals surface area contributed by atoms with E-state index in [4.69, 9.17) is 4.52 Å². The molecule has 0 fully saturated rings. The molecule has 96 valence electrons. The van der Waals surface area contributed by atoms with Crippen molar-refractivity contribution < 1.29 is 4.52 Å². The summed E-state index contributed by atoms with van der Waals surface area (Å²) in [5.41, 5.74) is 2.70. The van der Waals surface area contributed by atoms with Gasteiger partial charge in [-0.3, -0.25) is 0 Å². The van der Waals surface area contributed by atoms with Crippen LogP contribution >= 0.6 is 0 Å². The molecule has 0 saturated carbocycles. The van der Waals surface area contributed by atoms with Gasteiger partial charge < -0.3 is 9.84 Å². The van der Waals surface area contributed by atoms with Crippen LogP contribution in [-0.4, -0.2) is 20.2 Å². The second kappa shape index (κ2) is 5.45. The average molecular weight is 255 g/mol. The van der Waals surface area contributed by atoms with Gasteiger partial charge in [-0.2, -0.15) is 15.0 Å². The van der Waals surface area contributed by atoms with Gasteiger partial charge in [-0.15, -0.1) is 0 Å². The van der Waals surface area contributed by atoms with Crippen LogP contribution in [0.2, 0.25) is 0 Å². The molecule has 0 spiro atoms. The topological polar surface area (TPSA) is 68.8 Å². The Kier molecular flexibility index (Phi) is 3.33. The third kappa shape index (κ3) is 2.86. The molecule has 19 heavy (non-hydrogen) atoms. The third-order valence-corrected chi connectivity index (χ3v) is 2.63. The first-order valence-corrected chi connectivity index (χ1v) is 5.98. The van der Waals surface area contributed by atoms with Crippen molar-refractivity contribution in [2.45, 2.75) is 13.1 Å². The highest BCUT2D eigenvalue weighted by atomic mass is 16.5. The van der Waals surface area contributed by atoms with E-state index in [0.717, 1.165) is 17.1 Å². The molecule has 1 aromatic carbocycles. The minimum Gasteiger partial charge on any atom is -0.364 e. The van der Waals surface area contributed by atoms with Gasteiger partial charge in [-0.1, -0.05) is 23.4 Å². The van der Waals surface area contributed by atoms with Crippen LogP contribution in [0.4, 0.5) is 0 Å². The van der Waals surface area contributed by atoms with Crippen molar-refractivity contribution in [1.29, 1.82) is 0 Å². The van der Waals surface area contributed by atoms with Gasteiger partial charge in [0.1, 0.15) is 6.26 Å². The Morgan fingerprint density at radius 1 is 1.05 bits per heavy atom. The normalized spacial score (nSPS) is 10.7. The highest BCUT2D eigenvalue weighted by molar-refractivity contribution is 5.28. The van der Waals surface area contributed by atoms with Crippen molar-refractivity contribution in [2.75, 3.05) is 0 Å². The lowest BCUT2D eigenvalue weighted by atomic mass is 10.3. The number of rotatable bonds is 5. The van der Waals surface area contributed by atoms with Gasteiger partial charge >= 0.3 is 0 Å². The maximum Gasteiger partial charge on any atom is 0.124 e. The van der Waals surface area contributed by atoms with Gasteiger partial charge in [0.25, 0.3) is 0 Å². The summed E-state index contributed by atoms with van der Waals surface area (Å²) in [6, 6.07) is 11.6. The van der Waals surface area contributed by atoms with Crippen LogP contribution in [0.15, 0.2) is 53.4 Å². The quantitative estimate of drug-likeness (QED) is 0.749. The lowest BCUT2D eigenvalue weighted by molar-refractivity contribution is 0.408. The van der Waals surface area contributed by atoms with E-state index in [-0.39, 0.29) is 0 Å². The molecule has 6 heteroatoms. The van der Waals surface area contributed by atoms with Crippen LogP contribution in [-0.2, 0) is 13.1 Å². The summed E-state index contributed by atoms with van der Waals surface area (Å²) in [6.45, 7) is 1.29. The number of benzene rings is 1. The van der Waals surface area contributed by atoms with Crippen molar-refractivity contribution in [1.82, 2.24) is 25.5 Å². The Bertz CT molecular complexity index is 618. The largest absolute Gasteiger partial charge is 0.364 e. The van der Waals surface area contributed by atoms with E-state index in [0.29, 0.717) is 13.1 Å². The number of hydrogen-bond donors (Lipinski definition) is 1. The number of hydrogen-bond acceptors (Lipinski definition) is 5. The van der Waals surface area contributed by atoms with Crippen LogP contribution in [0, 0.1) is 0 Å². The summed E-state index contributed by atoms with van der Waals surface area (Å²) in [5.74, 6) is 0. The predicted molar refractivity (Wildman–Crippen MR) is 68.4 cm³/mol. The first kappa shape index (κ1) is 11.6. The molecule has 2 heterocycles. The van der Waals surface area contributed by atoms with Crippen LogP contribution in [0.3, 0.4) is 0 Å². The summed E-state index contributed by atoms with van der Waals surface area (Å²) in [4.78, 5) is 1.62. The zero-order valence-corrected chi connectivity index (χ0v) is 10.2. The molecule has 0 bridgehead atoms. The number of aromatic nitrogens is 4. The maximum absolute atomic E-state index is 4.76. The molecule has 0 atom stereocenters. The Labute approximate surface area is 110 Å². The van der Waals surface area contributed by atoms with Crippen molar-refractivity contribution >= 4 is 0 Å². The standard InChI is InChI=1S/C13H13N5O/c1-2-4-13(5-3-1)18-15-10-12(16-18)9-14-8-11-6-7-19-17-11/h1-7,10,14H,8-9H2. The summed E-state index contributed by atoms with van der Waals surface area (Å²) < 4.78 is 4.76. The molecule has 0 saturated heterocycles. The van der Waals surface area contributed by atoms with Crippen molar-refractivity contribution in [2.24, 2.45) is 0 Å². The first-order valence-electron chi connectivity index (χ1n) is 5.98. The Hall–Kier alpha value is -2.47. The first-order chi connectivity index (χ1) is 9.42. The maximum atomic E-state index is 4.76. The molecule has 1 N–H and O–H groups in total. The van der Waals surface area contributed by atoms with Gasteiger partial charge in [0.15, 0.2) is 0 Å². The third-order valence-electron chi connectivity index (χ3n) is 2.63. The van der Waals surface area contributed by atoms with Gasteiger partial charge in [0.2, 0.25) is 0 Å². The smallest absolute Gasteiger partial charge is 0.124 e. The Morgan fingerprint density at radius 2 is 1.89 bits per heavy atom. The monoisotopic (exact) mass is 255 g/mol. The zero-order valence-electron chi connectivity index (χ0n) is 10.2. The fourth-order valence-corrected chi connectivity index (χ4v) is 1.71. The molecule has 3 aromatic rings. The summed E-state index contributed by atoms with van der Waals surface area (Å²) in [7, 11) is 0. The molecule has 0 amide bonds. The molecule has 2 aromatic heterocycles. The highest BCUT2D eigenvalue weighted by Gasteiger charge is 2.02. The molecule has 0 radical (unpaired) electrons. The van der Waals surface area contributed by atoms with Crippen LogP contribution in [0.25, 0.3) is 5.69 Å². The van der Waals surface area contributed by atoms with E-state index in [1.54, 1.807) is 17.3 Å². The minimum atomic E-state index is 0.639. The summed E-state index contributed by atoms with van der Waals surface area (Å²) in [5, 5.41) is 15.7. The van der Waals surface area contributed by atoms with E-state index >= 15 is 0 Å². The van der Waals surface area contributed by atoms with E-state index in [9.17, 15) is 0 Å². The van der Waals surface area contributed by atoms with Crippen molar-refractivity contribution in [3.8, 4) is 5.69 Å². The number of para-hydroxylation sites is 1. The van der Waals surface area contributed by atoms with Crippen LogP contribution in [0.1, 0.15) is 11.4 Å². The minimum absolute atomic E-state index is 0.639. The Balaban J connectivity index is 1.59. The lowest BCUT2D eigenvalue weighted by Gasteiger charge is -1.99. The van der Waals surface area contributed by atoms with Gasteiger partial charge in [-0.25, -0.2) is 0 Å². The number of nitrogens with zero attached hydrogens (tertiary/aromatic N) is 4. The van der Waals surface area contributed by atoms with Crippen LogP contribution < -0.4 is 5.32 Å². The van der Waals surface area contributed by atoms with Crippen LogP contribution in [0.5, 0.6) is 0 Å². The second-order valence-corrected chi connectivity index (χ2v) is 4.06. The molecule has 6 nitrogen and oxygen atoms in total. The average Bonchev–Trinajstić information content (AvgIpc) is 3.11. The molecule has 0 aliphatic carbocycles. The molecular weight excluding hydrogens is 242 g/mol. The summed E-state index contributed by atoms with van der Waals surface area (Å²) >= 11 is 0. The van der Waals surface area contributed by atoms with Crippen molar-refractivity contribution in [3.05, 3.63) is 60.2 Å². The SMILES string of the molecule is c1ccc(-n2ncc(CNCc3ccon3)n2)cc1. The van der Waals surface area contributed by atoms with E-state index < -0.39 is 0 Å². The molecular formula is C13H13N5O. The second-order valence-electron chi connectivity index (χ2n) is 4.06. The fourth-order valence-electron chi connectivity index (χ4n) is 1.71. The Morgan fingerprint density at radius 3 is 2.68 bits per heavy atom. The van der Waals surface area contributed by atoms with Crippen molar-refractivity contribution in [3.63, 3.8) is 0 Å². The summed E-state index contributed by atoms with van der Waals surface area (Å²) in [6.07, 6.45) is 3.31. The van der Waals surface area contributed by atoms with E-state index in [2.05, 4.69) is 20.7 Å². The predicted octanol–water partition coefficient (Wildman–Crippen LogP) is 1.55.